The molecule has 4 nitrogen and oxygen atoms in total. The second-order valence-corrected chi connectivity index (χ2v) is 5.70. The third-order valence-electron chi connectivity index (χ3n) is 2.44. The van der Waals surface area contributed by atoms with Gasteiger partial charge in [-0.2, -0.15) is 0 Å². The number of rotatable bonds is 5. The normalized spacial score (nSPS) is 20.6. The van der Waals surface area contributed by atoms with Gasteiger partial charge in [0, 0.05) is 6.61 Å². The molecule has 1 aliphatic heterocycles. The number of aliphatic hydroxyl groups excluding tert-OH is 1. The molecule has 0 aromatic carbocycles. The zero-order chi connectivity index (χ0) is 16.2. The van der Waals surface area contributed by atoms with Gasteiger partial charge in [-0.15, -0.1) is 0 Å². The lowest BCUT2D eigenvalue weighted by Gasteiger charge is -2.26. The van der Waals surface area contributed by atoms with Crippen molar-refractivity contribution in [1.82, 2.24) is 0 Å². The summed E-state index contributed by atoms with van der Waals surface area (Å²) in [6.07, 6.45) is 1.88. The quantitative estimate of drug-likeness (QED) is 0.838. The minimum atomic E-state index is -0.491. The summed E-state index contributed by atoms with van der Waals surface area (Å²) in [5.41, 5.74) is -0.301. The number of hydrogen-bond acceptors (Lipinski definition) is 4. The molecular formula is C16H36O4. The summed E-state index contributed by atoms with van der Waals surface area (Å²) in [7, 11) is 0. The van der Waals surface area contributed by atoms with Crippen molar-refractivity contribution < 1.29 is 19.3 Å². The van der Waals surface area contributed by atoms with E-state index in [0.29, 0.717) is 19.6 Å². The Morgan fingerprint density at radius 1 is 1.25 bits per heavy atom. The third-order valence-corrected chi connectivity index (χ3v) is 2.44. The Labute approximate surface area is 125 Å². The van der Waals surface area contributed by atoms with Gasteiger partial charge in [0.2, 0.25) is 0 Å². The molecule has 124 valence electrons. The van der Waals surface area contributed by atoms with E-state index in [-0.39, 0.29) is 18.3 Å². The van der Waals surface area contributed by atoms with E-state index in [0.717, 1.165) is 0 Å². The molecule has 0 amide bonds. The van der Waals surface area contributed by atoms with E-state index in [1.807, 2.05) is 41.5 Å². The Kier molecular flexibility index (Phi) is 12.7. The Morgan fingerprint density at radius 2 is 1.75 bits per heavy atom. The maximum Gasteiger partial charge on any atom is 0.163 e. The lowest BCUT2D eigenvalue weighted by molar-refractivity contribution is -0.153. The molecule has 1 rings (SSSR count). The molecule has 1 atom stereocenters. The number of aliphatic hydroxyl groups is 1. The first-order valence-electron chi connectivity index (χ1n) is 7.83. The molecule has 0 aromatic heterocycles. The van der Waals surface area contributed by atoms with Crippen LogP contribution in [0.5, 0.6) is 0 Å². The minimum absolute atomic E-state index is 0.00188. The molecule has 1 fully saturated rings. The van der Waals surface area contributed by atoms with Crippen LogP contribution >= 0.6 is 0 Å². The van der Waals surface area contributed by atoms with Gasteiger partial charge in [-0.25, -0.2) is 0 Å². The molecule has 20 heavy (non-hydrogen) atoms. The first-order valence-corrected chi connectivity index (χ1v) is 7.83. The van der Waals surface area contributed by atoms with Crippen molar-refractivity contribution in [2.45, 2.75) is 85.7 Å². The van der Waals surface area contributed by atoms with Crippen molar-refractivity contribution in [3.63, 3.8) is 0 Å². The topological polar surface area (TPSA) is 47.9 Å². The summed E-state index contributed by atoms with van der Waals surface area (Å²) in [6.45, 7) is 17.2. The first-order chi connectivity index (χ1) is 9.26. The molecular weight excluding hydrogens is 256 g/mol. The third kappa shape index (κ3) is 11.6. The second-order valence-electron chi connectivity index (χ2n) is 5.70. The van der Waals surface area contributed by atoms with Gasteiger partial charge in [0.25, 0.3) is 0 Å². The van der Waals surface area contributed by atoms with E-state index in [9.17, 15) is 0 Å². The first kappa shape index (κ1) is 22.1. The Morgan fingerprint density at radius 3 is 2.10 bits per heavy atom. The maximum atomic E-state index is 8.84. The molecule has 1 aliphatic rings. The molecule has 0 radical (unpaired) electrons. The summed E-state index contributed by atoms with van der Waals surface area (Å²) >= 11 is 0. The van der Waals surface area contributed by atoms with Crippen LogP contribution in [0.1, 0.15) is 68.2 Å². The lowest BCUT2D eigenvalue weighted by Crippen LogP contribution is -2.32. The summed E-state index contributed by atoms with van der Waals surface area (Å²) in [6, 6.07) is 0. The highest BCUT2D eigenvalue weighted by Gasteiger charge is 2.33. The second kappa shape index (κ2) is 11.5. The molecule has 1 N–H and O–H groups in total. The van der Waals surface area contributed by atoms with E-state index in [1.54, 1.807) is 0 Å². The number of hydrogen-bond donors (Lipinski definition) is 1. The molecule has 0 saturated carbocycles. The molecule has 1 saturated heterocycles. The van der Waals surface area contributed by atoms with Gasteiger partial charge in [0.1, 0.15) is 6.10 Å². The summed E-state index contributed by atoms with van der Waals surface area (Å²) < 4.78 is 16.7. The smallest absolute Gasteiger partial charge is 0.163 e. The maximum absolute atomic E-state index is 8.84. The van der Waals surface area contributed by atoms with Gasteiger partial charge in [0.15, 0.2) is 5.79 Å². The molecule has 0 aromatic rings. The van der Waals surface area contributed by atoms with E-state index in [1.165, 1.54) is 6.42 Å². The SMILES string of the molecule is CC.CC(C)(CCO)OCC1COC(C)(C)O1.CCC. The molecule has 0 aliphatic carbocycles. The zero-order valence-corrected chi connectivity index (χ0v) is 14.8. The predicted molar refractivity (Wildman–Crippen MR) is 84.0 cm³/mol. The van der Waals surface area contributed by atoms with E-state index in [2.05, 4.69) is 13.8 Å². The summed E-state index contributed by atoms with van der Waals surface area (Å²) in [5.74, 6) is -0.491. The van der Waals surface area contributed by atoms with Crippen molar-refractivity contribution in [3.05, 3.63) is 0 Å². The minimum Gasteiger partial charge on any atom is -0.396 e. The van der Waals surface area contributed by atoms with Crippen LogP contribution in [-0.4, -0.2) is 42.4 Å². The van der Waals surface area contributed by atoms with E-state index >= 15 is 0 Å². The van der Waals surface area contributed by atoms with Gasteiger partial charge >= 0.3 is 0 Å². The molecule has 4 heteroatoms. The van der Waals surface area contributed by atoms with Crippen LogP contribution in [0, 0.1) is 0 Å². The molecule has 0 spiro atoms. The zero-order valence-electron chi connectivity index (χ0n) is 14.8. The van der Waals surface area contributed by atoms with Crippen molar-refractivity contribution in [2.24, 2.45) is 0 Å². The van der Waals surface area contributed by atoms with Crippen LogP contribution in [-0.2, 0) is 14.2 Å². The van der Waals surface area contributed by atoms with Gasteiger partial charge in [-0.1, -0.05) is 34.1 Å². The molecule has 0 bridgehead atoms. The van der Waals surface area contributed by atoms with Crippen molar-refractivity contribution >= 4 is 0 Å². The van der Waals surface area contributed by atoms with Crippen LogP contribution in [0.4, 0.5) is 0 Å². The van der Waals surface area contributed by atoms with Crippen molar-refractivity contribution in [2.75, 3.05) is 19.8 Å². The molecule has 1 unspecified atom stereocenters. The summed E-state index contributed by atoms with van der Waals surface area (Å²) in [4.78, 5) is 0. The van der Waals surface area contributed by atoms with E-state index in [4.69, 9.17) is 19.3 Å². The highest BCUT2D eigenvalue weighted by Crippen LogP contribution is 2.24. The van der Waals surface area contributed by atoms with Crippen molar-refractivity contribution in [1.29, 1.82) is 0 Å². The van der Waals surface area contributed by atoms with Crippen LogP contribution < -0.4 is 0 Å². The van der Waals surface area contributed by atoms with Crippen molar-refractivity contribution in [3.8, 4) is 0 Å². The fourth-order valence-electron chi connectivity index (χ4n) is 1.51. The highest BCUT2D eigenvalue weighted by atomic mass is 16.7. The Hall–Kier alpha value is -0.160. The Bertz CT molecular complexity index is 215. The lowest BCUT2D eigenvalue weighted by atomic mass is 10.1. The summed E-state index contributed by atoms with van der Waals surface area (Å²) in [5, 5.41) is 8.84. The average molecular weight is 292 g/mol. The van der Waals surface area contributed by atoms with Crippen LogP contribution in [0.2, 0.25) is 0 Å². The predicted octanol–water partition coefficient (Wildman–Crippen LogP) is 3.76. The fraction of sp³-hybridized carbons (Fsp3) is 1.00. The largest absolute Gasteiger partial charge is 0.396 e. The Balaban J connectivity index is 0. The highest BCUT2D eigenvalue weighted by molar-refractivity contribution is 4.73. The van der Waals surface area contributed by atoms with Crippen LogP contribution in [0.15, 0.2) is 0 Å². The fourth-order valence-corrected chi connectivity index (χ4v) is 1.51. The van der Waals surface area contributed by atoms with Crippen LogP contribution in [0.3, 0.4) is 0 Å². The van der Waals surface area contributed by atoms with E-state index < -0.39 is 5.79 Å². The van der Waals surface area contributed by atoms with Gasteiger partial charge < -0.3 is 19.3 Å². The van der Waals surface area contributed by atoms with Crippen LogP contribution in [0.25, 0.3) is 0 Å². The standard InChI is InChI=1S/C11H22O4.C3H8.C2H6/c1-10(2,5-6-12)13-7-9-8-14-11(3,4)15-9;1-3-2;1-2/h9,12H,5-8H2,1-4H3;3H2,1-2H3;1-2H3. The van der Waals surface area contributed by atoms with Gasteiger partial charge in [-0.3, -0.25) is 0 Å². The average Bonchev–Trinajstić information content (AvgIpc) is 2.70. The molecule has 1 heterocycles. The number of ether oxygens (including phenoxy) is 3. The van der Waals surface area contributed by atoms with Gasteiger partial charge in [-0.05, 0) is 34.1 Å². The monoisotopic (exact) mass is 292 g/mol. The van der Waals surface area contributed by atoms with Gasteiger partial charge in [0.05, 0.1) is 18.8 Å².